The van der Waals surface area contributed by atoms with E-state index in [0.29, 0.717) is 25.9 Å². The SMILES string of the molecule is Cc1ccc(Cl)cc1N1CCN(C(=O)CCc2ccc(F)cc2)CC1. The van der Waals surface area contributed by atoms with Gasteiger partial charge in [-0.05, 0) is 48.7 Å². The van der Waals surface area contributed by atoms with E-state index in [0.717, 1.165) is 29.4 Å². The van der Waals surface area contributed by atoms with Gasteiger partial charge in [0.1, 0.15) is 5.82 Å². The van der Waals surface area contributed by atoms with Gasteiger partial charge in [0.25, 0.3) is 0 Å². The Hall–Kier alpha value is -2.07. The average Bonchev–Trinajstić information content (AvgIpc) is 2.63. The highest BCUT2D eigenvalue weighted by Crippen LogP contribution is 2.25. The molecule has 0 unspecified atom stereocenters. The van der Waals surface area contributed by atoms with Crippen molar-refractivity contribution in [1.82, 2.24) is 4.90 Å². The third kappa shape index (κ3) is 4.51. The number of carbonyl (C=O) groups is 1. The van der Waals surface area contributed by atoms with Crippen LogP contribution in [0, 0.1) is 12.7 Å². The van der Waals surface area contributed by atoms with Crippen LogP contribution in [-0.2, 0) is 11.2 Å². The van der Waals surface area contributed by atoms with Crippen LogP contribution in [0.3, 0.4) is 0 Å². The maximum Gasteiger partial charge on any atom is 0.223 e. The van der Waals surface area contributed by atoms with Gasteiger partial charge in [0.15, 0.2) is 0 Å². The number of aryl methyl sites for hydroxylation is 2. The van der Waals surface area contributed by atoms with Crippen molar-refractivity contribution in [3.8, 4) is 0 Å². The highest BCUT2D eigenvalue weighted by molar-refractivity contribution is 6.30. The molecule has 0 spiro atoms. The lowest BCUT2D eigenvalue weighted by Crippen LogP contribution is -2.49. The van der Waals surface area contributed by atoms with Crippen LogP contribution in [0.25, 0.3) is 0 Å². The third-order valence-electron chi connectivity index (χ3n) is 4.69. The molecular formula is C20H22ClFN2O. The second kappa shape index (κ2) is 7.87. The molecule has 1 amide bonds. The number of amides is 1. The predicted molar refractivity (Wildman–Crippen MR) is 99.7 cm³/mol. The van der Waals surface area contributed by atoms with Crippen LogP contribution in [0.15, 0.2) is 42.5 Å². The Balaban J connectivity index is 1.52. The summed E-state index contributed by atoms with van der Waals surface area (Å²) in [6.45, 7) is 5.13. The Labute approximate surface area is 153 Å². The Bertz CT molecular complexity index is 740. The molecule has 132 valence electrons. The van der Waals surface area contributed by atoms with Crippen molar-refractivity contribution in [2.24, 2.45) is 0 Å². The van der Waals surface area contributed by atoms with Crippen molar-refractivity contribution in [2.45, 2.75) is 19.8 Å². The molecule has 0 atom stereocenters. The molecule has 1 fully saturated rings. The number of halogens is 2. The molecule has 0 radical (unpaired) electrons. The van der Waals surface area contributed by atoms with Crippen molar-refractivity contribution >= 4 is 23.2 Å². The summed E-state index contributed by atoms with van der Waals surface area (Å²) in [6, 6.07) is 12.3. The van der Waals surface area contributed by atoms with Gasteiger partial charge in [0.05, 0.1) is 0 Å². The van der Waals surface area contributed by atoms with Crippen molar-refractivity contribution in [2.75, 3.05) is 31.1 Å². The summed E-state index contributed by atoms with van der Waals surface area (Å²) in [5.41, 5.74) is 3.33. The van der Waals surface area contributed by atoms with E-state index < -0.39 is 0 Å². The summed E-state index contributed by atoms with van der Waals surface area (Å²) in [5.74, 6) is -0.0886. The van der Waals surface area contributed by atoms with Crippen LogP contribution in [0.5, 0.6) is 0 Å². The van der Waals surface area contributed by atoms with E-state index in [9.17, 15) is 9.18 Å². The van der Waals surface area contributed by atoms with Crippen LogP contribution >= 0.6 is 11.6 Å². The van der Waals surface area contributed by atoms with Gasteiger partial charge in [-0.15, -0.1) is 0 Å². The lowest BCUT2D eigenvalue weighted by Gasteiger charge is -2.37. The quantitative estimate of drug-likeness (QED) is 0.820. The first-order valence-electron chi connectivity index (χ1n) is 8.56. The summed E-state index contributed by atoms with van der Waals surface area (Å²) in [7, 11) is 0. The van der Waals surface area contributed by atoms with Crippen molar-refractivity contribution in [3.63, 3.8) is 0 Å². The zero-order valence-electron chi connectivity index (χ0n) is 14.3. The van der Waals surface area contributed by atoms with Gasteiger partial charge < -0.3 is 9.80 Å². The number of benzene rings is 2. The maximum absolute atomic E-state index is 12.9. The molecule has 1 aliphatic rings. The number of piperazine rings is 1. The van der Waals surface area contributed by atoms with Gasteiger partial charge in [-0.1, -0.05) is 29.8 Å². The van der Waals surface area contributed by atoms with Crippen LogP contribution < -0.4 is 4.90 Å². The Morgan fingerprint density at radius 1 is 1.08 bits per heavy atom. The minimum Gasteiger partial charge on any atom is -0.368 e. The van der Waals surface area contributed by atoms with Crippen LogP contribution in [-0.4, -0.2) is 37.0 Å². The fraction of sp³-hybridized carbons (Fsp3) is 0.350. The first kappa shape index (κ1) is 17.7. The van der Waals surface area contributed by atoms with Crippen molar-refractivity contribution in [3.05, 3.63) is 64.4 Å². The lowest BCUT2D eigenvalue weighted by atomic mass is 10.1. The molecule has 0 N–H and O–H groups in total. The van der Waals surface area contributed by atoms with E-state index in [1.54, 1.807) is 12.1 Å². The summed E-state index contributed by atoms with van der Waals surface area (Å²) >= 11 is 6.11. The largest absolute Gasteiger partial charge is 0.368 e. The minimum absolute atomic E-state index is 0.159. The zero-order chi connectivity index (χ0) is 17.8. The molecule has 1 heterocycles. The van der Waals surface area contributed by atoms with Gasteiger partial charge in [-0.2, -0.15) is 0 Å². The molecule has 1 saturated heterocycles. The van der Waals surface area contributed by atoms with Gasteiger partial charge in [0, 0.05) is 43.3 Å². The van der Waals surface area contributed by atoms with Crippen molar-refractivity contribution < 1.29 is 9.18 Å². The summed E-state index contributed by atoms with van der Waals surface area (Å²) in [5, 5.41) is 0.735. The molecular weight excluding hydrogens is 339 g/mol. The van der Waals surface area contributed by atoms with Gasteiger partial charge in [-0.25, -0.2) is 4.39 Å². The van der Waals surface area contributed by atoms with E-state index in [2.05, 4.69) is 11.8 Å². The van der Waals surface area contributed by atoms with Crippen LogP contribution in [0.4, 0.5) is 10.1 Å². The standard InChI is InChI=1S/C20H22ClFN2O/c1-15-2-6-17(21)14-19(15)23-10-12-24(13-11-23)20(25)9-5-16-3-7-18(22)8-4-16/h2-4,6-8,14H,5,9-13H2,1H3. The highest BCUT2D eigenvalue weighted by atomic mass is 35.5. The van der Waals surface area contributed by atoms with Gasteiger partial charge in [-0.3, -0.25) is 4.79 Å². The molecule has 5 heteroatoms. The first-order valence-corrected chi connectivity index (χ1v) is 8.94. The highest BCUT2D eigenvalue weighted by Gasteiger charge is 2.22. The lowest BCUT2D eigenvalue weighted by molar-refractivity contribution is -0.131. The normalized spacial score (nSPS) is 14.7. The van der Waals surface area contributed by atoms with E-state index in [4.69, 9.17) is 11.6 Å². The van der Waals surface area contributed by atoms with Crippen molar-refractivity contribution in [1.29, 1.82) is 0 Å². The number of rotatable bonds is 4. The number of hydrogen-bond acceptors (Lipinski definition) is 2. The fourth-order valence-corrected chi connectivity index (χ4v) is 3.35. The molecule has 0 saturated carbocycles. The molecule has 0 aromatic heterocycles. The van der Waals surface area contributed by atoms with E-state index in [-0.39, 0.29) is 11.7 Å². The predicted octanol–water partition coefficient (Wildman–Crippen LogP) is 4.07. The molecule has 2 aromatic carbocycles. The fourth-order valence-electron chi connectivity index (χ4n) is 3.18. The molecule has 25 heavy (non-hydrogen) atoms. The molecule has 0 bridgehead atoms. The summed E-state index contributed by atoms with van der Waals surface area (Å²) in [4.78, 5) is 16.6. The molecule has 3 nitrogen and oxygen atoms in total. The van der Waals surface area contributed by atoms with Crippen LogP contribution in [0.1, 0.15) is 17.5 Å². The first-order chi connectivity index (χ1) is 12.0. The number of carbonyl (C=O) groups excluding carboxylic acids is 1. The summed E-state index contributed by atoms with van der Waals surface area (Å²) < 4.78 is 12.9. The Kier molecular flexibility index (Phi) is 5.59. The Morgan fingerprint density at radius 2 is 1.76 bits per heavy atom. The van der Waals surface area contributed by atoms with Crippen LogP contribution in [0.2, 0.25) is 5.02 Å². The zero-order valence-corrected chi connectivity index (χ0v) is 15.1. The second-order valence-electron chi connectivity index (χ2n) is 6.43. The number of anilines is 1. The average molecular weight is 361 g/mol. The maximum atomic E-state index is 12.9. The second-order valence-corrected chi connectivity index (χ2v) is 6.86. The topological polar surface area (TPSA) is 23.6 Å². The molecule has 1 aliphatic heterocycles. The minimum atomic E-state index is -0.248. The molecule has 3 rings (SSSR count). The van der Waals surface area contributed by atoms with Gasteiger partial charge in [0.2, 0.25) is 5.91 Å². The monoisotopic (exact) mass is 360 g/mol. The molecule has 2 aromatic rings. The smallest absolute Gasteiger partial charge is 0.223 e. The number of nitrogens with zero attached hydrogens (tertiary/aromatic N) is 2. The van der Waals surface area contributed by atoms with E-state index >= 15 is 0 Å². The third-order valence-corrected chi connectivity index (χ3v) is 4.92. The van der Waals surface area contributed by atoms with Gasteiger partial charge >= 0.3 is 0 Å². The van der Waals surface area contributed by atoms with E-state index in [1.165, 1.54) is 17.7 Å². The Morgan fingerprint density at radius 3 is 2.44 bits per heavy atom. The number of hydrogen-bond donors (Lipinski definition) is 0. The van der Waals surface area contributed by atoms with E-state index in [1.807, 2.05) is 23.1 Å². The molecule has 0 aliphatic carbocycles. The summed E-state index contributed by atoms with van der Waals surface area (Å²) in [6.07, 6.45) is 1.11.